The Bertz CT molecular complexity index is 1550. The van der Waals surface area contributed by atoms with Gasteiger partial charge in [0.25, 0.3) is 0 Å². The number of aryl methyl sites for hydroxylation is 3. The molecule has 46 heavy (non-hydrogen) atoms. The fourth-order valence-electron chi connectivity index (χ4n) is 6.54. The Hall–Kier alpha value is -3.93. The molecule has 0 fully saturated rings. The molecule has 1 aliphatic carbocycles. The van der Waals surface area contributed by atoms with Crippen molar-refractivity contribution in [2.24, 2.45) is 0 Å². The third kappa shape index (κ3) is 8.65. The smallest absolute Gasteiger partial charge is 0.335 e. The maximum atomic E-state index is 12.1. The van der Waals surface area contributed by atoms with Gasteiger partial charge in [-0.1, -0.05) is 92.2 Å². The van der Waals surface area contributed by atoms with E-state index < -0.39 is 6.10 Å². The van der Waals surface area contributed by atoms with E-state index in [1.165, 1.54) is 58.9 Å². The van der Waals surface area contributed by atoms with Crippen LogP contribution in [0.2, 0.25) is 0 Å². The predicted octanol–water partition coefficient (Wildman–Crippen LogP) is 7.94. The molecule has 0 aromatic heterocycles. The highest BCUT2D eigenvalue weighted by molar-refractivity contribution is 5.75. The molecule has 0 saturated carbocycles. The van der Waals surface area contributed by atoms with Gasteiger partial charge in [0.15, 0.2) is 6.10 Å². The lowest BCUT2D eigenvalue weighted by molar-refractivity contribution is -0.154. The molecule has 4 aromatic rings. The van der Waals surface area contributed by atoms with E-state index >= 15 is 0 Å². The van der Waals surface area contributed by atoms with Crippen molar-refractivity contribution in [1.29, 1.82) is 0 Å². The second-order valence-corrected chi connectivity index (χ2v) is 12.4. The van der Waals surface area contributed by atoms with Gasteiger partial charge in [-0.2, -0.15) is 0 Å². The van der Waals surface area contributed by atoms with Crippen LogP contribution in [0.1, 0.15) is 77.2 Å². The molecule has 1 aliphatic rings. The third-order valence-electron chi connectivity index (χ3n) is 9.07. The van der Waals surface area contributed by atoms with E-state index in [9.17, 15) is 4.79 Å². The van der Waals surface area contributed by atoms with Gasteiger partial charge in [-0.25, -0.2) is 4.79 Å². The molecular formula is C41H49NO4. The Morgan fingerprint density at radius 3 is 2.13 bits per heavy atom. The number of nitrogens with zero attached hydrogens (tertiary/aromatic N) is 1. The van der Waals surface area contributed by atoms with Gasteiger partial charge in [-0.15, -0.1) is 0 Å². The van der Waals surface area contributed by atoms with Crippen molar-refractivity contribution in [2.45, 2.75) is 70.9 Å². The summed E-state index contributed by atoms with van der Waals surface area (Å²) in [6, 6.07) is 33.2. The van der Waals surface area contributed by atoms with Crippen LogP contribution in [-0.4, -0.2) is 50.9 Å². The number of benzene rings is 4. The Labute approximate surface area is 275 Å². The van der Waals surface area contributed by atoms with Crippen molar-refractivity contribution < 1.29 is 19.0 Å². The fraction of sp³-hybridized carbons (Fsp3) is 0.390. The molecule has 0 N–H and O–H groups in total. The van der Waals surface area contributed by atoms with Gasteiger partial charge in [0.05, 0.1) is 12.6 Å². The number of methoxy groups -OCH3 is 1. The van der Waals surface area contributed by atoms with Crippen molar-refractivity contribution in [3.63, 3.8) is 0 Å². The lowest BCUT2D eigenvalue weighted by Gasteiger charge is -2.31. The summed E-state index contributed by atoms with van der Waals surface area (Å²) in [5, 5.41) is 0. The number of hydrogen-bond donors (Lipinski definition) is 0. The van der Waals surface area contributed by atoms with Gasteiger partial charge in [-0.05, 0) is 103 Å². The van der Waals surface area contributed by atoms with Crippen LogP contribution in [0.5, 0.6) is 5.75 Å². The molecule has 2 atom stereocenters. The van der Waals surface area contributed by atoms with Gasteiger partial charge in [-0.3, -0.25) is 4.90 Å². The maximum Gasteiger partial charge on any atom is 0.335 e. The summed E-state index contributed by atoms with van der Waals surface area (Å²) < 4.78 is 16.7. The minimum Gasteiger partial charge on any atom is -0.492 e. The third-order valence-corrected chi connectivity index (χ3v) is 9.07. The van der Waals surface area contributed by atoms with Crippen LogP contribution in [0.15, 0.2) is 91.0 Å². The fourth-order valence-corrected chi connectivity index (χ4v) is 6.54. The Kier molecular flexibility index (Phi) is 12.0. The molecule has 5 nitrogen and oxygen atoms in total. The quantitative estimate of drug-likeness (QED) is 0.127. The van der Waals surface area contributed by atoms with Gasteiger partial charge in [0, 0.05) is 20.1 Å². The number of esters is 1. The minimum absolute atomic E-state index is 0.165. The number of unbranched alkanes of at least 4 members (excludes halogenated alkanes) is 1. The van der Waals surface area contributed by atoms with Crippen molar-refractivity contribution in [2.75, 3.05) is 33.9 Å². The average molecular weight is 620 g/mol. The molecule has 242 valence electrons. The number of rotatable bonds is 15. The van der Waals surface area contributed by atoms with E-state index in [0.717, 1.165) is 43.5 Å². The molecule has 0 saturated heterocycles. The summed E-state index contributed by atoms with van der Waals surface area (Å²) >= 11 is 0. The first kappa shape index (κ1) is 33.4. The van der Waals surface area contributed by atoms with Gasteiger partial charge >= 0.3 is 5.97 Å². The van der Waals surface area contributed by atoms with Gasteiger partial charge in [0.1, 0.15) is 12.4 Å². The Morgan fingerprint density at radius 1 is 0.826 bits per heavy atom. The molecule has 0 heterocycles. The average Bonchev–Trinajstić information content (AvgIpc) is 3.23. The summed E-state index contributed by atoms with van der Waals surface area (Å²) in [6.07, 6.45) is 6.49. The van der Waals surface area contributed by atoms with E-state index in [1.807, 2.05) is 24.3 Å². The lowest BCUT2D eigenvalue weighted by atomic mass is 9.90. The first-order chi connectivity index (χ1) is 22.5. The van der Waals surface area contributed by atoms with Crippen molar-refractivity contribution in [3.05, 3.63) is 136 Å². The number of carbonyl (C=O) groups excluding carboxylic acids is 1. The maximum absolute atomic E-state index is 12.1. The molecule has 0 bridgehead atoms. The van der Waals surface area contributed by atoms with Crippen molar-refractivity contribution in [1.82, 2.24) is 4.90 Å². The normalized spacial score (nSPS) is 14.7. The molecule has 0 aliphatic heterocycles. The van der Waals surface area contributed by atoms with Crippen LogP contribution in [0.25, 0.3) is 0 Å². The zero-order valence-corrected chi connectivity index (χ0v) is 28.0. The molecule has 4 aromatic carbocycles. The largest absolute Gasteiger partial charge is 0.492 e. The van der Waals surface area contributed by atoms with E-state index in [1.54, 1.807) is 6.92 Å². The SMILES string of the molecule is CCCCc1ccc2c(c1)CCc1cc(Cc3ccccc3)ccc1C2N(C)CCOc1ccc(CC(OC)C(=O)OCC)cc1. The zero-order valence-electron chi connectivity index (χ0n) is 28.0. The number of fused-ring (bicyclic) bond motifs is 2. The lowest BCUT2D eigenvalue weighted by Crippen LogP contribution is -2.30. The van der Waals surface area contributed by atoms with Crippen LogP contribution in [0.3, 0.4) is 0 Å². The van der Waals surface area contributed by atoms with Gasteiger partial charge < -0.3 is 14.2 Å². The van der Waals surface area contributed by atoms with Crippen molar-refractivity contribution in [3.8, 4) is 5.75 Å². The molecule has 5 rings (SSSR count). The molecular weight excluding hydrogens is 570 g/mol. The number of likely N-dealkylation sites (N-methyl/N-ethyl adjacent to an activating group) is 1. The summed E-state index contributed by atoms with van der Waals surface area (Å²) in [5.41, 5.74) is 10.9. The first-order valence-corrected chi connectivity index (χ1v) is 16.9. The first-order valence-electron chi connectivity index (χ1n) is 16.9. The molecule has 0 radical (unpaired) electrons. The highest BCUT2D eigenvalue weighted by Crippen LogP contribution is 2.37. The topological polar surface area (TPSA) is 48.0 Å². The molecule has 2 unspecified atom stereocenters. The van der Waals surface area contributed by atoms with Crippen LogP contribution in [0.4, 0.5) is 0 Å². The number of ether oxygens (including phenoxy) is 3. The van der Waals surface area contributed by atoms with Crippen LogP contribution >= 0.6 is 0 Å². The Balaban J connectivity index is 1.30. The predicted molar refractivity (Wildman–Crippen MR) is 186 cm³/mol. The van der Waals surface area contributed by atoms with E-state index in [-0.39, 0.29) is 12.0 Å². The van der Waals surface area contributed by atoms with E-state index in [4.69, 9.17) is 14.2 Å². The van der Waals surface area contributed by atoms with E-state index in [0.29, 0.717) is 19.6 Å². The summed E-state index contributed by atoms with van der Waals surface area (Å²) in [7, 11) is 3.76. The summed E-state index contributed by atoms with van der Waals surface area (Å²) in [4.78, 5) is 14.6. The van der Waals surface area contributed by atoms with Crippen LogP contribution in [-0.2, 0) is 46.4 Å². The van der Waals surface area contributed by atoms with Crippen LogP contribution < -0.4 is 4.74 Å². The highest BCUT2D eigenvalue weighted by Gasteiger charge is 2.27. The monoisotopic (exact) mass is 619 g/mol. The van der Waals surface area contributed by atoms with E-state index in [2.05, 4.69) is 85.6 Å². The summed E-state index contributed by atoms with van der Waals surface area (Å²) in [5.74, 6) is 0.481. The molecule has 0 amide bonds. The standard InChI is InChI=1S/C41H49NO4/c1-5-7-11-31-16-22-37-34(27-31)18-19-35-28-33(26-30-12-9-8-10-13-30)17-23-38(35)40(37)42(3)24-25-46-36-20-14-32(15-21-36)29-39(44-4)41(43)45-6-2/h8-10,12-17,20-23,27-28,39-40H,5-7,11,18-19,24-26,29H2,1-4H3. The van der Waals surface area contributed by atoms with Crippen molar-refractivity contribution >= 4 is 5.97 Å². The summed E-state index contributed by atoms with van der Waals surface area (Å²) in [6.45, 7) is 5.75. The van der Waals surface area contributed by atoms with Crippen LogP contribution in [0, 0.1) is 0 Å². The Morgan fingerprint density at radius 2 is 1.48 bits per heavy atom. The number of hydrogen-bond acceptors (Lipinski definition) is 5. The second kappa shape index (κ2) is 16.6. The highest BCUT2D eigenvalue weighted by atomic mass is 16.6. The minimum atomic E-state index is -0.608. The molecule has 0 spiro atoms. The number of carbonyl (C=O) groups is 1. The van der Waals surface area contributed by atoms with Gasteiger partial charge in [0.2, 0.25) is 0 Å². The molecule has 5 heteroatoms. The zero-order chi connectivity index (χ0) is 32.3. The second-order valence-electron chi connectivity index (χ2n) is 12.4.